The molecule has 0 aromatic heterocycles. The van der Waals surface area contributed by atoms with E-state index in [0.29, 0.717) is 12.0 Å². The molecule has 0 aliphatic rings. The minimum absolute atomic E-state index is 0.164. The Labute approximate surface area is 119 Å². The Morgan fingerprint density at radius 2 is 1.90 bits per heavy atom. The van der Waals surface area contributed by atoms with Crippen molar-refractivity contribution < 1.29 is 14.7 Å². The molecule has 1 amide bonds. The van der Waals surface area contributed by atoms with Crippen molar-refractivity contribution in [3.63, 3.8) is 0 Å². The van der Waals surface area contributed by atoms with Crippen molar-refractivity contribution in [1.82, 2.24) is 5.32 Å². The number of nitrogens with two attached hydrogens (primary N) is 1. The van der Waals surface area contributed by atoms with Gasteiger partial charge in [0.25, 0.3) is 0 Å². The number of carboxylic acid groups (broad SMARTS) is 1. The highest BCUT2D eigenvalue weighted by Gasteiger charge is 2.34. The molecule has 0 saturated heterocycles. The summed E-state index contributed by atoms with van der Waals surface area (Å²) in [6.45, 7) is 5.24. The van der Waals surface area contributed by atoms with Crippen LogP contribution in [0.3, 0.4) is 0 Å². The van der Waals surface area contributed by atoms with Gasteiger partial charge >= 0.3 is 5.97 Å². The summed E-state index contributed by atoms with van der Waals surface area (Å²) >= 11 is 0. The summed E-state index contributed by atoms with van der Waals surface area (Å²) in [4.78, 5) is 23.5. The molecule has 4 N–H and O–H groups in total. The third kappa shape index (κ3) is 3.57. The van der Waals surface area contributed by atoms with Crippen LogP contribution in [0.1, 0.15) is 32.8 Å². The molecule has 110 valence electrons. The first-order valence-corrected chi connectivity index (χ1v) is 6.68. The first kappa shape index (κ1) is 16.2. The lowest BCUT2D eigenvalue weighted by atomic mass is 9.90. The zero-order chi connectivity index (χ0) is 15.3. The second-order valence-corrected chi connectivity index (χ2v) is 5.24. The van der Waals surface area contributed by atoms with Gasteiger partial charge in [-0.25, -0.2) is 4.79 Å². The van der Waals surface area contributed by atoms with Gasteiger partial charge in [0.15, 0.2) is 0 Å². The maximum Gasteiger partial charge on any atom is 0.326 e. The molecule has 0 bridgehead atoms. The molecule has 0 saturated carbocycles. The van der Waals surface area contributed by atoms with Gasteiger partial charge in [0, 0.05) is 0 Å². The smallest absolute Gasteiger partial charge is 0.326 e. The summed E-state index contributed by atoms with van der Waals surface area (Å²) in [6.07, 6.45) is 0.657. The maximum absolute atomic E-state index is 12.3. The minimum Gasteiger partial charge on any atom is -0.480 e. The molecule has 1 unspecified atom stereocenters. The van der Waals surface area contributed by atoms with E-state index in [1.54, 1.807) is 38.1 Å². The Morgan fingerprint density at radius 3 is 2.35 bits per heavy atom. The summed E-state index contributed by atoms with van der Waals surface area (Å²) in [5, 5.41) is 11.7. The van der Waals surface area contributed by atoms with Crippen LogP contribution in [0.4, 0.5) is 0 Å². The van der Waals surface area contributed by atoms with Crippen LogP contribution in [-0.2, 0) is 15.1 Å². The monoisotopic (exact) mass is 278 g/mol. The predicted octanol–water partition coefficient (Wildman–Crippen LogP) is 1.48. The number of carbonyl (C=O) groups is 2. The molecule has 0 radical (unpaired) electrons. The Hall–Kier alpha value is -1.88. The van der Waals surface area contributed by atoms with Crippen LogP contribution < -0.4 is 11.1 Å². The average molecular weight is 278 g/mol. The van der Waals surface area contributed by atoms with E-state index in [-0.39, 0.29) is 5.92 Å². The van der Waals surface area contributed by atoms with Gasteiger partial charge < -0.3 is 16.2 Å². The first-order chi connectivity index (χ1) is 9.30. The Balaban J connectivity index is 2.91. The normalized spacial score (nSPS) is 16.8. The third-order valence-electron chi connectivity index (χ3n) is 3.61. The topological polar surface area (TPSA) is 92.4 Å². The Bertz CT molecular complexity index is 471. The highest BCUT2D eigenvalue weighted by molar-refractivity contribution is 5.90. The highest BCUT2D eigenvalue weighted by Crippen LogP contribution is 2.18. The molecule has 1 aromatic rings. The predicted molar refractivity (Wildman–Crippen MR) is 77.0 cm³/mol. The quantitative estimate of drug-likeness (QED) is 0.734. The number of benzene rings is 1. The maximum atomic E-state index is 12.3. The van der Waals surface area contributed by atoms with E-state index in [0.717, 1.165) is 0 Å². The lowest BCUT2D eigenvalue weighted by molar-refractivity contribution is -0.144. The lowest BCUT2D eigenvalue weighted by Crippen LogP contribution is -2.55. The van der Waals surface area contributed by atoms with Crippen molar-refractivity contribution >= 4 is 11.9 Å². The summed E-state index contributed by atoms with van der Waals surface area (Å²) in [7, 11) is 0. The molecule has 0 fully saturated rings. The van der Waals surface area contributed by atoms with Crippen molar-refractivity contribution in [2.24, 2.45) is 11.7 Å². The van der Waals surface area contributed by atoms with Gasteiger partial charge in [0.05, 0.1) is 0 Å². The summed E-state index contributed by atoms with van der Waals surface area (Å²) in [5.74, 6) is -1.70. The zero-order valence-electron chi connectivity index (χ0n) is 12.1. The minimum atomic E-state index is -1.26. The fourth-order valence-corrected chi connectivity index (χ4v) is 1.89. The molecule has 0 aliphatic carbocycles. The van der Waals surface area contributed by atoms with Gasteiger partial charge in [-0.1, -0.05) is 50.6 Å². The molecule has 0 spiro atoms. The van der Waals surface area contributed by atoms with Crippen LogP contribution >= 0.6 is 0 Å². The van der Waals surface area contributed by atoms with Gasteiger partial charge in [0.1, 0.15) is 11.6 Å². The van der Waals surface area contributed by atoms with E-state index in [2.05, 4.69) is 5.32 Å². The average Bonchev–Trinajstić information content (AvgIpc) is 2.44. The number of aliphatic carboxylic acids is 1. The highest BCUT2D eigenvalue weighted by atomic mass is 16.4. The number of nitrogens with one attached hydrogen (secondary N) is 1. The van der Waals surface area contributed by atoms with E-state index in [1.165, 1.54) is 0 Å². The molecule has 5 nitrogen and oxygen atoms in total. The van der Waals surface area contributed by atoms with Crippen molar-refractivity contribution in [1.29, 1.82) is 0 Å². The fraction of sp³-hybridized carbons (Fsp3) is 0.467. The van der Waals surface area contributed by atoms with Gasteiger partial charge in [-0.2, -0.15) is 0 Å². The van der Waals surface area contributed by atoms with Crippen LogP contribution in [0.2, 0.25) is 0 Å². The number of carboxylic acids is 1. The molecule has 0 aliphatic heterocycles. The van der Waals surface area contributed by atoms with E-state index in [4.69, 9.17) is 5.73 Å². The largest absolute Gasteiger partial charge is 0.480 e. The second-order valence-electron chi connectivity index (χ2n) is 5.24. The van der Waals surface area contributed by atoms with E-state index in [9.17, 15) is 14.7 Å². The van der Waals surface area contributed by atoms with Crippen LogP contribution in [0.25, 0.3) is 0 Å². The second kappa shape index (κ2) is 6.52. The van der Waals surface area contributed by atoms with Gasteiger partial charge in [-0.15, -0.1) is 0 Å². The summed E-state index contributed by atoms with van der Waals surface area (Å²) in [6, 6.07) is 7.97. The van der Waals surface area contributed by atoms with E-state index in [1.807, 2.05) is 13.0 Å². The molecule has 1 rings (SSSR count). The van der Waals surface area contributed by atoms with Gasteiger partial charge in [0.2, 0.25) is 5.91 Å². The summed E-state index contributed by atoms with van der Waals surface area (Å²) in [5.41, 5.74) is 5.45. The number of hydrogen-bond acceptors (Lipinski definition) is 3. The van der Waals surface area contributed by atoms with Crippen LogP contribution in [0.15, 0.2) is 30.3 Å². The van der Waals surface area contributed by atoms with Gasteiger partial charge in [-0.05, 0) is 18.4 Å². The van der Waals surface area contributed by atoms with Crippen LogP contribution in [0, 0.1) is 5.92 Å². The molecular formula is C15H22N2O3. The molecular weight excluding hydrogens is 256 g/mol. The van der Waals surface area contributed by atoms with Crippen molar-refractivity contribution in [3.8, 4) is 0 Å². The Morgan fingerprint density at radius 1 is 1.35 bits per heavy atom. The Kier molecular flexibility index (Phi) is 5.27. The number of hydrogen-bond donors (Lipinski definition) is 3. The molecule has 5 heteroatoms. The molecule has 1 aromatic carbocycles. The summed E-state index contributed by atoms with van der Waals surface area (Å²) < 4.78 is 0. The number of amides is 1. The van der Waals surface area contributed by atoms with Gasteiger partial charge in [-0.3, -0.25) is 4.79 Å². The van der Waals surface area contributed by atoms with Crippen molar-refractivity contribution in [2.75, 3.05) is 0 Å². The van der Waals surface area contributed by atoms with Crippen LogP contribution in [0.5, 0.6) is 0 Å². The van der Waals surface area contributed by atoms with Crippen molar-refractivity contribution in [3.05, 3.63) is 35.9 Å². The lowest BCUT2D eigenvalue weighted by Gasteiger charge is -2.28. The zero-order valence-corrected chi connectivity index (χ0v) is 12.1. The number of carbonyl (C=O) groups excluding carboxylic acids is 1. The molecule has 0 heterocycles. The molecule has 3 atom stereocenters. The number of rotatable bonds is 6. The van der Waals surface area contributed by atoms with E-state index >= 15 is 0 Å². The SMILES string of the molecule is CC[C@H](C)[C@H](NC(=O)C(C)(N)c1ccccc1)C(=O)O. The molecule has 20 heavy (non-hydrogen) atoms. The fourth-order valence-electron chi connectivity index (χ4n) is 1.89. The van der Waals surface area contributed by atoms with E-state index < -0.39 is 23.5 Å². The first-order valence-electron chi connectivity index (χ1n) is 6.68. The standard InChI is InChI=1S/C15H22N2O3/c1-4-10(2)12(13(18)19)17-14(20)15(3,16)11-8-6-5-7-9-11/h5-10,12H,4,16H2,1-3H3,(H,17,20)(H,18,19)/t10-,12-,15?/m0/s1. The third-order valence-corrected chi connectivity index (χ3v) is 3.61. The van der Waals surface area contributed by atoms with Crippen molar-refractivity contribution in [2.45, 2.75) is 38.8 Å². The van der Waals surface area contributed by atoms with Crippen LogP contribution in [-0.4, -0.2) is 23.0 Å².